The van der Waals surface area contributed by atoms with Crippen molar-refractivity contribution in [1.29, 1.82) is 0 Å². The molecule has 0 atom stereocenters. The molecule has 0 spiro atoms. The van der Waals surface area contributed by atoms with Gasteiger partial charge in [0, 0.05) is 28.2 Å². The lowest BCUT2D eigenvalue weighted by atomic mass is 9.92. The third kappa shape index (κ3) is 7.74. The summed E-state index contributed by atoms with van der Waals surface area (Å²) in [5.41, 5.74) is -9.17. The van der Waals surface area contributed by atoms with Crippen LogP contribution in [0.5, 0.6) is 0 Å². The van der Waals surface area contributed by atoms with Gasteiger partial charge in [-0.3, -0.25) is 4.79 Å². The number of ether oxygens (including phenoxy) is 1. The standard InChI is InChI=1S/C33H40F6N2O7SSi/c1-28(2,3)47-27(43)41-18-20-17-23(49(45,46)19-30(15-16-30)48-50(7,8)29(4,5)6)13-14-24(20)25(41)26(42)40-22-11-9-21(10-12-22)31(44,32(34,35)36)33(37,38)39/h9-14,17-18,44H,15-16,19H2,1-8H3,(H,40,42). The van der Waals surface area contributed by atoms with E-state index in [0.717, 1.165) is 16.7 Å². The predicted octanol–water partition coefficient (Wildman–Crippen LogP) is 8.32. The number of carbonyl (C=O) groups excluding carboxylic acids is 2. The first kappa shape index (κ1) is 39.4. The Morgan fingerprint density at radius 2 is 1.46 bits per heavy atom. The highest BCUT2D eigenvalue weighted by Crippen LogP contribution is 2.51. The van der Waals surface area contributed by atoms with Crippen LogP contribution >= 0.6 is 0 Å². The van der Waals surface area contributed by atoms with Gasteiger partial charge in [-0.1, -0.05) is 39.0 Å². The minimum absolute atomic E-state index is 0.0826. The number of hydrogen-bond donors (Lipinski definition) is 2. The van der Waals surface area contributed by atoms with E-state index in [9.17, 15) is 49.5 Å². The van der Waals surface area contributed by atoms with Crippen LogP contribution in [0.15, 0.2) is 53.6 Å². The van der Waals surface area contributed by atoms with Gasteiger partial charge in [0.25, 0.3) is 11.5 Å². The summed E-state index contributed by atoms with van der Waals surface area (Å²) in [6.45, 7) is 15.0. The zero-order chi connectivity index (χ0) is 38.1. The number of amides is 1. The number of benzene rings is 2. The van der Waals surface area contributed by atoms with E-state index in [-0.39, 0.29) is 37.8 Å². The molecular weight excluding hydrogens is 711 g/mol. The van der Waals surface area contributed by atoms with Crippen molar-refractivity contribution < 1.29 is 58.6 Å². The van der Waals surface area contributed by atoms with Crippen LogP contribution in [0, 0.1) is 0 Å². The molecular formula is C33H40F6N2O7SSi. The number of fused-ring (bicyclic) bond motifs is 1. The van der Waals surface area contributed by atoms with Gasteiger partial charge >= 0.3 is 18.4 Å². The molecule has 4 rings (SSSR count). The van der Waals surface area contributed by atoms with Crippen molar-refractivity contribution in [1.82, 2.24) is 4.57 Å². The minimum Gasteiger partial charge on any atom is -0.443 e. The summed E-state index contributed by atoms with van der Waals surface area (Å²) in [5.74, 6) is -1.29. The van der Waals surface area contributed by atoms with Crippen LogP contribution in [0.3, 0.4) is 0 Å². The molecule has 276 valence electrons. The van der Waals surface area contributed by atoms with Gasteiger partial charge in [0.2, 0.25) is 0 Å². The Morgan fingerprint density at radius 1 is 0.920 bits per heavy atom. The Morgan fingerprint density at radius 3 is 1.92 bits per heavy atom. The van der Waals surface area contributed by atoms with Crippen molar-refractivity contribution in [2.75, 3.05) is 11.1 Å². The van der Waals surface area contributed by atoms with Gasteiger partial charge in [-0.05, 0) is 76.0 Å². The van der Waals surface area contributed by atoms with Gasteiger partial charge in [-0.2, -0.15) is 26.3 Å². The molecule has 2 N–H and O–H groups in total. The maximum absolute atomic E-state index is 13.7. The van der Waals surface area contributed by atoms with E-state index >= 15 is 0 Å². The number of nitrogens with zero attached hydrogens (tertiary/aromatic N) is 1. The van der Waals surface area contributed by atoms with Gasteiger partial charge in [0.15, 0.2) is 18.2 Å². The van der Waals surface area contributed by atoms with Gasteiger partial charge < -0.3 is 19.6 Å². The maximum Gasteiger partial charge on any atom is 0.430 e. The van der Waals surface area contributed by atoms with Crippen LogP contribution < -0.4 is 5.32 Å². The molecule has 3 aromatic rings. The fourth-order valence-electron chi connectivity index (χ4n) is 5.09. The van der Waals surface area contributed by atoms with Crippen molar-refractivity contribution in [3.8, 4) is 0 Å². The Kier molecular flexibility index (Phi) is 9.74. The van der Waals surface area contributed by atoms with Crippen LogP contribution in [0.4, 0.5) is 36.8 Å². The molecule has 1 fully saturated rings. The first-order chi connectivity index (χ1) is 22.4. The highest BCUT2D eigenvalue weighted by molar-refractivity contribution is 7.91. The molecule has 1 aromatic heterocycles. The van der Waals surface area contributed by atoms with E-state index < -0.39 is 64.9 Å². The van der Waals surface area contributed by atoms with Gasteiger partial charge in [0.1, 0.15) is 11.3 Å². The third-order valence-corrected chi connectivity index (χ3v) is 15.3. The maximum atomic E-state index is 13.7. The number of halogens is 6. The average molecular weight is 751 g/mol. The van der Waals surface area contributed by atoms with E-state index in [4.69, 9.17) is 9.16 Å². The second-order valence-corrected chi connectivity index (χ2v) is 21.8. The Bertz CT molecular complexity index is 1890. The highest BCUT2D eigenvalue weighted by Gasteiger charge is 2.71. The molecule has 0 unspecified atom stereocenters. The topological polar surface area (TPSA) is 124 Å². The van der Waals surface area contributed by atoms with Crippen molar-refractivity contribution >= 4 is 46.6 Å². The first-order valence-corrected chi connectivity index (χ1v) is 20.1. The number of hydrogen-bond acceptors (Lipinski definition) is 7. The smallest absolute Gasteiger partial charge is 0.430 e. The highest BCUT2D eigenvalue weighted by atomic mass is 32.2. The molecule has 0 aliphatic heterocycles. The molecule has 0 bridgehead atoms. The van der Waals surface area contributed by atoms with Gasteiger partial charge in [-0.15, -0.1) is 0 Å². The molecule has 17 heteroatoms. The summed E-state index contributed by atoms with van der Waals surface area (Å²) in [5, 5.41) is 12.1. The number of sulfone groups is 1. The van der Waals surface area contributed by atoms with Crippen LogP contribution in [0.1, 0.15) is 70.4 Å². The Balaban J connectivity index is 1.71. The summed E-state index contributed by atoms with van der Waals surface area (Å²) in [6.07, 6.45) is -10.9. The summed E-state index contributed by atoms with van der Waals surface area (Å²) < 4.78 is 120. The van der Waals surface area contributed by atoms with Crippen LogP contribution in [-0.2, 0) is 24.6 Å². The van der Waals surface area contributed by atoms with Crippen LogP contribution in [0.2, 0.25) is 18.1 Å². The molecule has 1 saturated carbocycles. The summed E-state index contributed by atoms with van der Waals surface area (Å²) in [4.78, 5) is 26.7. The number of rotatable bonds is 8. The van der Waals surface area contributed by atoms with Crippen LogP contribution in [0.25, 0.3) is 10.8 Å². The zero-order valence-electron chi connectivity index (χ0n) is 28.8. The molecule has 1 amide bonds. The second kappa shape index (κ2) is 12.4. The first-order valence-electron chi connectivity index (χ1n) is 15.5. The molecule has 1 heterocycles. The van der Waals surface area contributed by atoms with Crippen molar-refractivity contribution in [2.45, 2.75) is 107 Å². The summed E-state index contributed by atoms with van der Waals surface area (Å²) in [7, 11) is -6.24. The number of anilines is 1. The summed E-state index contributed by atoms with van der Waals surface area (Å²) in [6, 6.07) is 6.07. The van der Waals surface area contributed by atoms with E-state index in [0.29, 0.717) is 25.0 Å². The molecule has 0 radical (unpaired) electrons. The van der Waals surface area contributed by atoms with Crippen molar-refractivity contribution in [2.24, 2.45) is 0 Å². The monoisotopic (exact) mass is 750 g/mol. The van der Waals surface area contributed by atoms with Crippen molar-refractivity contribution in [3.63, 3.8) is 0 Å². The van der Waals surface area contributed by atoms with Crippen molar-refractivity contribution in [3.05, 3.63) is 59.9 Å². The molecule has 0 saturated heterocycles. The normalized spacial score (nSPS) is 16.0. The largest absolute Gasteiger partial charge is 0.443 e. The van der Waals surface area contributed by atoms with E-state index in [1.807, 2.05) is 13.1 Å². The SMILES string of the molecule is CC(C)(C)OC(=O)n1cc2cc(S(=O)(=O)CC3(O[Si](C)(C)C(C)(C)C)CC3)ccc2c1C(=O)Nc1ccc(C(O)(C(F)(F)F)C(F)(F)F)cc1. The number of aliphatic hydroxyl groups is 1. The van der Waals surface area contributed by atoms with Gasteiger partial charge in [-0.25, -0.2) is 17.8 Å². The van der Waals surface area contributed by atoms with Crippen LogP contribution in [-0.4, -0.2) is 67.7 Å². The Hall–Kier alpha value is -3.41. The quantitative estimate of drug-likeness (QED) is 0.175. The van der Waals surface area contributed by atoms with Gasteiger partial charge in [0.05, 0.1) is 16.2 Å². The second-order valence-electron chi connectivity index (χ2n) is 15.1. The molecule has 2 aromatic carbocycles. The number of carbonyl (C=O) groups is 2. The predicted molar refractivity (Wildman–Crippen MR) is 176 cm³/mol. The number of alkyl halides is 6. The lowest BCUT2D eigenvalue weighted by molar-refractivity contribution is -0.376. The average Bonchev–Trinajstić information content (AvgIpc) is 3.54. The summed E-state index contributed by atoms with van der Waals surface area (Å²) >= 11 is 0. The van der Waals surface area contributed by atoms with E-state index in [1.165, 1.54) is 24.4 Å². The molecule has 50 heavy (non-hydrogen) atoms. The molecule has 9 nitrogen and oxygen atoms in total. The fourth-order valence-corrected chi connectivity index (χ4v) is 8.65. The third-order valence-electron chi connectivity index (χ3n) is 8.87. The lowest BCUT2D eigenvalue weighted by Gasteiger charge is -2.39. The fraction of sp³-hybridized carbons (Fsp3) is 0.515. The van der Waals surface area contributed by atoms with E-state index in [1.54, 1.807) is 20.8 Å². The number of nitrogens with one attached hydrogen (secondary N) is 1. The molecule has 1 aliphatic carbocycles. The van der Waals surface area contributed by atoms with E-state index in [2.05, 4.69) is 26.1 Å². The number of aromatic nitrogens is 1. The lowest BCUT2D eigenvalue weighted by Crippen LogP contribution is -2.53. The minimum atomic E-state index is -6.10. The Labute approximate surface area is 287 Å². The molecule has 1 aliphatic rings. The zero-order valence-corrected chi connectivity index (χ0v) is 30.6.